The molecule has 3 N–H and O–H groups in total. The molecule has 0 saturated heterocycles. The molecule has 0 aliphatic carbocycles. The Morgan fingerprint density at radius 1 is 0.857 bits per heavy atom. The van der Waals surface area contributed by atoms with Crippen molar-refractivity contribution in [2.75, 3.05) is 6.54 Å². The highest BCUT2D eigenvalue weighted by Gasteiger charge is 2.33. The minimum absolute atomic E-state index is 0.430. The molecule has 0 aliphatic rings. The summed E-state index contributed by atoms with van der Waals surface area (Å²) in [5, 5.41) is 0. The van der Waals surface area contributed by atoms with Crippen LogP contribution in [-0.2, 0) is 0 Å². The summed E-state index contributed by atoms with van der Waals surface area (Å²) < 4.78 is 0. The summed E-state index contributed by atoms with van der Waals surface area (Å²) in [7, 11) is 0. The van der Waals surface area contributed by atoms with Gasteiger partial charge in [0.25, 0.3) is 0 Å². The molecular formula is C13H30N+. The van der Waals surface area contributed by atoms with Crippen molar-refractivity contribution in [2.24, 2.45) is 16.7 Å². The summed E-state index contributed by atoms with van der Waals surface area (Å²) >= 11 is 0. The molecule has 0 aromatic rings. The van der Waals surface area contributed by atoms with E-state index in [0.717, 1.165) is 12.5 Å². The van der Waals surface area contributed by atoms with Crippen molar-refractivity contribution < 1.29 is 5.73 Å². The Bertz CT molecular complexity index is 134. The smallest absolute Gasteiger partial charge is 0.0739 e. The average molecular weight is 200 g/mol. The van der Waals surface area contributed by atoms with Crippen LogP contribution in [0.25, 0.3) is 0 Å². The molecule has 14 heavy (non-hydrogen) atoms. The van der Waals surface area contributed by atoms with Crippen LogP contribution in [0.2, 0.25) is 0 Å². The number of rotatable bonds is 4. The van der Waals surface area contributed by atoms with Gasteiger partial charge in [-0.2, -0.15) is 0 Å². The van der Waals surface area contributed by atoms with Crippen LogP contribution in [0, 0.1) is 16.7 Å². The maximum atomic E-state index is 3.91. The standard InChI is InChI=1S/C13H29N/c1-12(2,3)11(13(4,5)6)9-7-8-10-14/h11H,7-10,14H2,1-6H3/p+1. The SMILES string of the molecule is CC(C)(C)C(CCCC[NH3+])C(C)(C)C. The predicted octanol–water partition coefficient (Wildman–Crippen LogP) is 3.11. The Morgan fingerprint density at radius 2 is 1.29 bits per heavy atom. The van der Waals surface area contributed by atoms with Gasteiger partial charge in [-0.05, 0) is 36.0 Å². The Kier molecular flexibility index (Phi) is 5.14. The van der Waals surface area contributed by atoms with Crippen molar-refractivity contribution in [1.29, 1.82) is 0 Å². The molecule has 0 radical (unpaired) electrons. The Morgan fingerprint density at radius 3 is 1.57 bits per heavy atom. The minimum Gasteiger partial charge on any atom is -0.358 e. The van der Waals surface area contributed by atoms with Gasteiger partial charge in [0.1, 0.15) is 0 Å². The quantitative estimate of drug-likeness (QED) is 0.675. The summed E-state index contributed by atoms with van der Waals surface area (Å²) in [6, 6.07) is 0. The van der Waals surface area contributed by atoms with Gasteiger partial charge in [0.15, 0.2) is 0 Å². The molecule has 0 unspecified atom stereocenters. The highest BCUT2D eigenvalue weighted by molar-refractivity contribution is 4.83. The van der Waals surface area contributed by atoms with Crippen LogP contribution in [0.5, 0.6) is 0 Å². The van der Waals surface area contributed by atoms with Crippen molar-refractivity contribution in [3.8, 4) is 0 Å². The number of hydrogen-bond donors (Lipinski definition) is 1. The van der Waals surface area contributed by atoms with Crippen LogP contribution in [0.3, 0.4) is 0 Å². The van der Waals surface area contributed by atoms with E-state index in [9.17, 15) is 0 Å². The lowest BCUT2D eigenvalue weighted by Gasteiger charge is -2.41. The molecule has 0 aliphatic heterocycles. The first-order valence-electron chi connectivity index (χ1n) is 5.99. The maximum Gasteiger partial charge on any atom is 0.0739 e. The molecular weight excluding hydrogens is 170 g/mol. The molecule has 0 amide bonds. The molecule has 0 aromatic carbocycles. The van der Waals surface area contributed by atoms with E-state index in [1.165, 1.54) is 19.3 Å². The van der Waals surface area contributed by atoms with Crippen LogP contribution in [0.1, 0.15) is 60.8 Å². The van der Waals surface area contributed by atoms with E-state index < -0.39 is 0 Å². The molecule has 0 fully saturated rings. The molecule has 0 bridgehead atoms. The zero-order valence-electron chi connectivity index (χ0n) is 11.1. The van der Waals surface area contributed by atoms with Crippen molar-refractivity contribution in [2.45, 2.75) is 60.8 Å². The van der Waals surface area contributed by atoms with E-state index in [0.29, 0.717) is 10.8 Å². The van der Waals surface area contributed by atoms with Gasteiger partial charge in [0.2, 0.25) is 0 Å². The van der Waals surface area contributed by atoms with Crippen LogP contribution in [-0.4, -0.2) is 6.54 Å². The number of quaternary nitrogens is 1. The van der Waals surface area contributed by atoms with Gasteiger partial charge in [0.05, 0.1) is 6.54 Å². The first kappa shape index (κ1) is 14.0. The third kappa shape index (κ3) is 4.99. The van der Waals surface area contributed by atoms with Crippen LogP contribution in [0.4, 0.5) is 0 Å². The van der Waals surface area contributed by atoms with Gasteiger partial charge in [-0.15, -0.1) is 0 Å². The highest BCUT2D eigenvalue weighted by Crippen LogP contribution is 2.42. The predicted molar refractivity (Wildman–Crippen MR) is 64.0 cm³/mol. The number of unbranched alkanes of at least 4 members (excludes halogenated alkanes) is 1. The zero-order chi connectivity index (χ0) is 11.4. The topological polar surface area (TPSA) is 27.6 Å². The molecule has 86 valence electrons. The van der Waals surface area contributed by atoms with Crippen molar-refractivity contribution in [1.82, 2.24) is 0 Å². The van der Waals surface area contributed by atoms with Crippen molar-refractivity contribution in [3.05, 3.63) is 0 Å². The number of hydrogen-bond acceptors (Lipinski definition) is 0. The Hall–Kier alpha value is -0.0400. The molecule has 1 nitrogen and oxygen atoms in total. The molecule has 0 rings (SSSR count). The second-order valence-electron chi connectivity index (χ2n) is 6.63. The van der Waals surface area contributed by atoms with E-state index >= 15 is 0 Å². The van der Waals surface area contributed by atoms with E-state index in [4.69, 9.17) is 0 Å². The second-order valence-corrected chi connectivity index (χ2v) is 6.63. The van der Waals surface area contributed by atoms with Gasteiger partial charge in [-0.1, -0.05) is 41.5 Å². The average Bonchev–Trinajstić information content (AvgIpc) is 1.92. The van der Waals surface area contributed by atoms with Crippen LogP contribution >= 0.6 is 0 Å². The summed E-state index contributed by atoms with van der Waals surface area (Å²) in [5.41, 5.74) is 4.77. The van der Waals surface area contributed by atoms with Crippen LogP contribution < -0.4 is 5.73 Å². The van der Waals surface area contributed by atoms with Gasteiger partial charge < -0.3 is 5.73 Å². The molecule has 0 aromatic heterocycles. The largest absolute Gasteiger partial charge is 0.358 e. The van der Waals surface area contributed by atoms with Gasteiger partial charge in [0, 0.05) is 0 Å². The molecule has 0 atom stereocenters. The van der Waals surface area contributed by atoms with E-state index in [1.54, 1.807) is 0 Å². The second kappa shape index (κ2) is 5.16. The molecule has 0 heterocycles. The lowest BCUT2D eigenvalue weighted by molar-refractivity contribution is -0.368. The minimum atomic E-state index is 0.430. The third-order valence-corrected chi connectivity index (χ3v) is 3.08. The van der Waals surface area contributed by atoms with E-state index in [1.807, 2.05) is 0 Å². The van der Waals surface area contributed by atoms with Crippen molar-refractivity contribution in [3.63, 3.8) is 0 Å². The Labute approximate surface area is 90.5 Å². The summed E-state index contributed by atoms with van der Waals surface area (Å²) in [4.78, 5) is 0. The van der Waals surface area contributed by atoms with Gasteiger partial charge in [-0.3, -0.25) is 0 Å². The first-order valence-corrected chi connectivity index (χ1v) is 5.99. The van der Waals surface area contributed by atoms with Gasteiger partial charge >= 0.3 is 0 Å². The summed E-state index contributed by atoms with van der Waals surface area (Å²) in [5.74, 6) is 0.807. The van der Waals surface area contributed by atoms with E-state index in [2.05, 4.69) is 47.3 Å². The van der Waals surface area contributed by atoms with Gasteiger partial charge in [-0.25, -0.2) is 0 Å². The molecule has 1 heteroatoms. The maximum absolute atomic E-state index is 3.91. The monoisotopic (exact) mass is 200 g/mol. The summed E-state index contributed by atoms with van der Waals surface area (Å²) in [6.45, 7) is 15.3. The fraction of sp³-hybridized carbons (Fsp3) is 1.00. The molecule has 0 saturated carbocycles. The fourth-order valence-electron chi connectivity index (χ4n) is 2.69. The normalized spacial score (nSPS) is 13.7. The lowest BCUT2D eigenvalue weighted by Crippen LogP contribution is -2.50. The lowest BCUT2D eigenvalue weighted by atomic mass is 9.65. The third-order valence-electron chi connectivity index (χ3n) is 3.08. The molecule has 0 spiro atoms. The summed E-state index contributed by atoms with van der Waals surface area (Å²) in [6.07, 6.45) is 3.97. The zero-order valence-corrected chi connectivity index (χ0v) is 11.1. The Balaban J connectivity index is 4.28. The fourth-order valence-corrected chi connectivity index (χ4v) is 2.69. The van der Waals surface area contributed by atoms with E-state index in [-0.39, 0.29) is 0 Å². The van der Waals surface area contributed by atoms with Crippen molar-refractivity contribution >= 4 is 0 Å². The first-order chi connectivity index (χ1) is 6.19. The van der Waals surface area contributed by atoms with Crippen LogP contribution in [0.15, 0.2) is 0 Å². The highest BCUT2D eigenvalue weighted by atomic mass is 14.5.